The highest BCUT2D eigenvalue weighted by molar-refractivity contribution is 7.99. The van der Waals surface area contributed by atoms with Crippen LogP contribution in [0.15, 0.2) is 23.1 Å². The maximum absolute atomic E-state index is 9.61. The fourth-order valence-electron chi connectivity index (χ4n) is 1.90. The molecule has 1 nitrogen and oxygen atoms in total. The standard InChI is InChI=1S/C11H14OS/c1-7-4-3-5-10-11(7)9(6-13-10)8(2)12/h3-5,8-9,12H,6H2,1-2H3. The average Bonchev–Trinajstić information content (AvgIpc) is 2.49. The summed E-state index contributed by atoms with van der Waals surface area (Å²) in [6.07, 6.45) is -0.227. The summed E-state index contributed by atoms with van der Waals surface area (Å²) in [7, 11) is 0. The predicted molar refractivity (Wildman–Crippen MR) is 56.3 cm³/mol. The molecular formula is C11H14OS. The van der Waals surface area contributed by atoms with Gasteiger partial charge in [-0.2, -0.15) is 0 Å². The molecule has 2 unspecified atom stereocenters. The molecule has 0 bridgehead atoms. The van der Waals surface area contributed by atoms with Gasteiger partial charge in [0.05, 0.1) is 6.10 Å². The van der Waals surface area contributed by atoms with E-state index in [0.29, 0.717) is 5.92 Å². The van der Waals surface area contributed by atoms with Crippen molar-refractivity contribution in [1.82, 2.24) is 0 Å². The van der Waals surface area contributed by atoms with Crippen molar-refractivity contribution >= 4 is 11.8 Å². The molecule has 0 saturated carbocycles. The topological polar surface area (TPSA) is 20.2 Å². The van der Waals surface area contributed by atoms with Crippen molar-refractivity contribution in [2.45, 2.75) is 30.8 Å². The summed E-state index contributed by atoms with van der Waals surface area (Å²) in [5.74, 6) is 1.36. The summed E-state index contributed by atoms with van der Waals surface area (Å²) in [6, 6.07) is 6.36. The van der Waals surface area contributed by atoms with E-state index in [1.807, 2.05) is 18.7 Å². The molecule has 0 fully saturated rings. The molecular weight excluding hydrogens is 180 g/mol. The molecule has 0 spiro atoms. The van der Waals surface area contributed by atoms with Gasteiger partial charge in [0.1, 0.15) is 0 Å². The molecule has 1 N–H and O–H groups in total. The number of rotatable bonds is 1. The molecule has 0 radical (unpaired) electrons. The van der Waals surface area contributed by atoms with Crippen LogP contribution in [0.2, 0.25) is 0 Å². The highest BCUT2D eigenvalue weighted by Crippen LogP contribution is 2.42. The van der Waals surface area contributed by atoms with E-state index in [2.05, 4.69) is 25.1 Å². The summed E-state index contributed by atoms with van der Waals surface area (Å²) in [6.45, 7) is 4.01. The van der Waals surface area contributed by atoms with Crippen molar-refractivity contribution in [3.63, 3.8) is 0 Å². The zero-order valence-corrected chi connectivity index (χ0v) is 8.77. The van der Waals surface area contributed by atoms with Gasteiger partial charge in [0, 0.05) is 16.6 Å². The summed E-state index contributed by atoms with van der Waals surface area (Å²) in [5.41, 5.74) is 2.68. The average molecular weight is 194 g/mol. The Hall–Kier alpha value is -0.470. The van der Waals surface area contributed by atoms with Crippen LogP contribution in [0.25, 0.3) is 0 Å². The zero-order chi connectivity index (χ0) is 9.42. The zero-order valence-electron chi connectivity index (χ0n) is 7.95. The second kappa shape index (κ2) is 3.35. The molecule has 0 saturated heterocycles. The van der Waals surface area contributed by atoms with E-state index in [0.717, 1.165) is 5.75 Å². The van der Waals surface area contributed by atoms with Gasteiger partial charge >= 0.3 is 0 Å². The molecule has 0 amide bonds. The lowest BCUT2D eigenvalue weighted by Crippen LogP contribution is -2.14. The minimum atomic E-state index is -0.227. The fraction of sp³-hybridized carbons (Fsp3) is 0.455. The molecule has 70 valence electrons. The van der Waals surface area contributed by atoms with Crippen LogP contribution < -0.4 is 0 Å². The van der Waals surface area contributed by atoms with Gasteiger partial charge in [0.25, 0.3) is 0 Å². The highest BCUT2D eigenvalue weighted by atomic mass is 32.2. The number of hydrogen-bond acceptors (Lipinski definition) is 2. The summed E-state index contributed by atoms with van der Waals surface area (Å²) in [4.78, 5) is 1.35. The Morgan fingerprint density at radius 2 is 2.31 bits per heavy atom. The minimum Gasteiger partial charge on any atom is -0.393 e. The van der Waals surface area contributed by atoms with Crippen molar-refractivity contribution in [2.75, 3.05) is 5.75 Å². The first-order valence-electron chi connectivity index (χ1n) is 4.60. The molecule has 2 heteroatoms. The second-order valence-electron chi connectivity index (χ2n) is 3.64. The SMILES string of the molecule is Cc1cccc2c1C(C(C)O)CS2. The normalized spacial score (nSPS) is 22.8. The van der Waals surface area contributed by atoms with Crippen LogP contribution in [-0.4, -0.2) is 17.0 Å². The number of thioether (sulfide) groups is 1. The lowest BCUT2D eigenvalue weighted by Gasteiger charge is -2.15. The van der Waals surface area contributed by atoms with E-state index < -0.39 is 0 Å². The third-order valence-electron chi connectivity index (χ3n) is 2.66. The molecule has 1 heterocycles. The van der Waals surface area contributed by atoms with Crippen molar-refractivity contribution < 1.29 is 5.11 Å². The van der Waals surface area contributed by atoms with Gasteiger partial charge in [0.2, 0.25) is 0 Å². The lowest BCUT2D eigenvalue weighted by molar-refractivity contribution is 0.171. The largest absolute Gasteiger partial charge is 0.393 e. The smallest absolute Gasteiger partial charge is 0.0589 e. The van der Waals surface area contributed by atoms with Crippen molar-refractivity contribution in [2.24, 2.45) is 0 Å². The van der Waals surface area contributed by atoms with Crippen LogP contribution in [0.4, 0.5) is 0 Å². The minimum absolute atomic E-state index is 0.227. The number of fused-ring (bicyclic) bond motifs is 1. The third kappa shape index (κ3) is 1.49. The molecule has 0 aliphatic carbocycles. The van der Waals surface area contributed by atoms with E-state index in [9.17, 15) is 5.11 Å². The van der Waals surface area contributed by atoms with E-state index >= 15 is 0 Å². The van der Waals surface area contributed by atoms with Gasteiger partial charge in [-0.1, -0.05) is 12.1 Å². The van der Waals surface area contributed by atoms with Crippen LogP contribution in [-0.2, 0) is 0 Å². The quantitative estimate of drug-likeness (QED) is 0.741. The first kappa shape index (κ1) is 9.10. The maximum Gasteiger partial charge on any atom is 0.0589 e. The summed E-state index contributed by atoms with van der Waals surface area (Å²) >= 11 is 1.86. The lowest BCUT2D eigenvalue weighted by atomic mass is 9.93. The van der Waals surface area contributed by atoms with Crippen LogP contribution in [0.1, 0.15) is 24.0 Å². The number of hydrogen-bond donors (Lipinski definition) is 1. The predicted octanol–water partition coefficient (Wildman–Crippen LogP) is 2.57. The molecule has 1 aromatic rings. The van der Waals surface area contributed by atoms with Gasteiger partial charge in [-0.15, -0.1) is 11.8 Å². The Morgan fingerprint density at radius 1 is 1.54 bits per heavy atom. The molecule has 0 aromatic heterocycles. The van der Waals surface area contributed by atoms with Gasteiger partial charge in [0.15, 0.2) is 0 Å². The Kier molecular flexibility index (Phi) is 2.35. The maximum atomic E-state index is 9.61. The number of benzene rings is 1. The molecule has 1 aromatic carbocycles. The van der Waals surface area contributed by atoms with E-state index in [4.69, 9.17) is 0 Å². The van der Waals surface area contributed by atoms with E-state index in [-0.39, 0.29) is 6.10 Å². The van der Waals surface area contributed by atoms with Crippen LogP contribution >= 0.6 is 11.8 Å². The number of aliphatic hydroxyl groups excluding tert-OH is 1. The van der Waals surface area contributed by atoms with Gasteiger partial charge in [-0.3, -0.25) is 0 Å². The second-order valence-corrected chi connectivity index (χ2v) is 4.71. The summed E-state index contributed by atoms with van der Waals surface area (Å²) < 4.78 is 0. The Balaban J connectivity index is 2.46. The van der Waals surface area contributed by atoms with E-state index in [1.54, 1.807) is 0 Å². The number of aryl methyl sites for hydroxylation is 1. The fourth-order valence-corrected chi connectivity index (χ4v) is 3.35. The first-order chi connectivity index (χ1) is 6.20. The molecule has 2 atom stereocenters. The van der Waals surface area contributed by atoms with Gasteiger partial charge in [-0.25, -0.2) is 0 Å². The van der Waals surface area contributed by atoms with Crippen LogP contribution in [0, 0.1) is 6.92 Å². The van der Waals surface area contributed by atoms with Gasteiger partial charge in [-0.05, 0) is 31.0 Å². The monoisotopic (exact) mass is 194 g/mol. The van der Waals surface area contributed by atoms with Gasteiger partial charge < -0.3 is 5.11 Å². The van der Waals surface area contributed by atoms with Crippen molar-refractivity contribution in [3.8, 4) is 0 Å². The van der Waals surface area contributed by atoms with Crippen LogP contribution in [0.3, 0.4) is 0 Å². The Bertz CT molecular complexity index is 320. The third-order valence-corrected chi connectivity index (χ3v) is 3.85. The first-order valence-corrected chi connectivity index (χ1v) is 5.59. The van der Waals surface area contributed by atoms with Crippen molar-refractivity contribution in [1.29, 1.82) is 0 Å². The number of aliphatic hydroxyl groups is 1. The van der Waals surface area contributed by atoms with Crippen molar-refractivity contribution in [3.05, 3.63) is 29.3 Å². The van der Waals surface area contributed by atoms with E-state index in [1.165, 1.54) is 16.0 Å². The molecule has 13 heavy (non-hydrogen) atoms. The molecule has 1 aliphatic rings. The molecule has 1 aliphatic heterocycles. The Morgan fingerprint density at radius 3 is 3.00 bits per heavy atom. The highest BCUT2D eigenvalue weighted by Gasteiger charge is 2.27. The molecule has 2 rings (SSSR count). The van der Waals surface area contributed by atoms with Crippen LogP contribution in [0.5, 0.6) is 0 Å². The Labute approximate surface area is 83.2 Å². The summed E-state index contributed by atoms with van der Waals surface area (Å²) in [5, 5.41) is 9.61.